The first-order valence-electron chi connectivity index (χ1n) is 8.43. The first-order chi connectivity index (χ1) is 12.1. The van der Waals surface area contributed by atoms with Crippen LogP contribution in [0.4, 0.5) is 0 Å². The Hall–Kier alpha value is -2.41. The number of aromatic amines is 2. The molecule has 25 heavy (non-hydrogen) atoms. The van der Waals surface area contributed by atoms with E-state index in [1.807, 2.05) is 0 Å². The van der Waals surface area contributed by atoms with Gasteiger partial charge in [-0.05, 0) is 49.2 Å². The van der Waals surface area contributed by atoms with Gasteiger partial charge in [-0.2, -0.15) is 0 Å². The molecule has 1 fully saturated rings. The van der Waals surface area contributed by atoms with Gasteiger partial charge in [0.15, 0.2) is 4.77 Å². The van der Waals surface area contributed by atoms with Crippen molar-refractivity contribution in [1.82, 2.24) is 9.97 Å². The number of nitrogens with one attached hydrogen (secondary N) is 2. The van der Waals surface area contributed by atoms with Crippen LogP contribution in [-0.4, -0.2) is 22.5 Å². The normalized spacial score (nSPS) is 16.0. The first kappa shape index (κ1) is 16.1. The highest BCUT2D eigenvalue weighted by molar-refractivity contribution is 7.71. The number of hydrogen-bond acceptors (Lipinski definition) is 5. The Kier molecular flexibility index (Phi) is 4.17. The van der Waals surface area contributed by atoms with E-state index in [4.69, 9.17) is 21.7 Å². The highest BCUT2D eigenvalue weighted by Gasteiger charge is 2.23. The number of rotatable bonds is 3. The predicted molar refractivity (Wildman–Crippen MR) is 93.8 cm³/mol. The van der Waals surface area contributed by atoms with E-state index in [0.717, 1.165) is 18.4 Å². The number of carbonyl (C=O) groups is 1. The Balaban J connectivity index is 1.54. The quantitative estimate of drug-likeness (QED) is 0.553. The van der Waals surface area contributed by atoms with Crippen LogP contribution >= 0.6 is 12.2 Å². The summed E-state index contributed by atoms with van der Waals surface area (Å²) in [6, 6.07) is 5.14. The van der Waals surface area contributed by atoms with Gasteiger partial charge in [-0.1, -0.05) is 12.8 Å². The van der Waals surface area contributed by atoms with Crippen LogP contribution in [0.3, 0.4) is 0 Å². The maximum absolute atomic E-state index is 12.3. The monoisotopic (exact) mass is 358 g/mol. The molecule has 7 heteroatoms. The molecule has 2 aromatic rings. The lowest BCUT2D eigenvalue weighted by atomic mass is 10.0. The third kappa shape index (κ3) is 3.24. The summed E-state index contributed by atoms with van der Waals surface area (Å²) in [6.07, 6.45) is 5.07. The van der Waals surface area contributed by atoms with Crippen molar-refractivity contribution < 1.29 is 14.3 Å². The summed E-state index contributed by atoms with van der Waals surface area (Å²) in [5.41, 5.74) is 1.44. The van der Waals surface area contributed by atoms with Crippen LogP contribution in [-0.2, 0) is 11.2 Å². The maximum atomic E-state index is 12.3. The van der Waals surface area contributed by atoms with E-state index >= 15 is 0 Å². The van der Waals surface area contributed by atoms with E-state index in [9.17, 15) is 9.59 Å². The van der Waals surface area contributed by atoms with Gasteiger partial charge in [0.25, 0.3) is 5.56 Å². The molecule has 0 bridgehead atoms. The lowest BCUT2D eigenvalue weighted by Gasteiger charge is -2.19. The largest absolute Gasteiger partial charge is 0.462 e. The second kappa shape index (κ2) is 6.48. The molecule has 0 amide bonds. The van der Waals surface area contributed by atoms with Crippen LogP contribution in [0, 0.1) is 10.7 Å². The molecular formula is C18H18N2O4S. The van der Waals surface area contributed by atoms with Gasteiger partial charge in [0.2, 0.25) is 5.88 Å². The van der Waals surface area contributed by atoms with Crippen molar-refractivity contribution in [2.24, 2.45) is 5.92 Å². The Labute approximate surface area is 149 Å². The summed E-state index contributed by atoms with van der Waals surface area (Å²) in [4.78, 5) is 29.7. The smallest absolute Gasteiger partial charge is 0.338 e. The maximum Gasteiger partial charge on any atom is 0.338 e. The van der Waals surface area contributed by atoms with Crippen LogP contribution in [0.25, 0.3) is 0 Å². The Bertz CT molecular complexity index is 941. The molecule has 1 aromatic heterocycles. The van der Waals surface area contributed by atoms with Crippen molar-refractivity contribution in [3.8, 4) is 11.6 Å². The van der Waals surface area contributed by atoms with Gasteiger partial charge in [0.05, 0.1) is 17.7 Å². The summed E-state index contributed by atoms with van der Waals surface area (Å²) >= 11 is 4.96. The zero-order valence-electron chi connectivity index (χ0n) is 13.6. The first-order valence-corrected chi connectivity index (χ1v) is 8.84. The van der Waals surface area contributed by atoms with Crippen LogP contribution in [0.1, 0.15) is 47.2 Å². The average Bonchev–Trinajstić information content (AvgIpc) is 3.11. The fraction of sp³-hybridized carbons (Fsp3) is 0.389. The number of esters is 1. The standard InChI is InChI=1S/C18H18N2O4S/c21-15-13-8-12-7-11(17(22)23-9-10-3-1-2-4-10)5-6-14(12)24-16(13)20-18(25)19-15/h5-7,10H,1-4,8-9H2,(H2,19,20,21,25). The van der Waals surface area contributed by atoms with Gasteiger partial charge in [0.1, 0.15) is 5.75 Å². The predicted octanol–water partition coefficient (Wildman–Crippen LogP) is 3.48. The number of fused-ring (bicyclic) bond motifs is 2. The van der Waals surface area contributed by atoms with Crippen molar-refractivity contribution in [3.05, 3.63) is 50.0 Å². The third-order valence-corrected chi connectivity index (χ3v) is 5.01. The molecule has 4 rings (SSSR count). The van der Waals surface area contributed by atoms with E-state index in [1.54, 1.807) is 18.2 Å². The SMILES string of the molecule is O=C(OCC1CCCC1)c1ccc2c(c1)Cc1c([nH]c(=S)[nH]c1=O)O2. The molecule has 1 saturated carbocycles. The molecule has 1 aromatic carbocycles. The molecule has 0 spiro atoms. The van der Waals surface area contributed by atoms with E-state index in [-0.39, 0.29) is 16.3 Å². The van der Waals surface area contributed by atoms with Crippen LogP contribution in [0.2, 0.25) is 0 Å². The minimum Gasteiger partial charge on any atom is -0.462 e. The molecule has 130 valence electrons. The summed E-state index contributed by atoms with van der Waals surface area (Å²) in [5.74, 6) is 1.12. The van der Waals surface area contributed by atoms with E-state index in [2.05, 4.69) is 9.97 Å². The molecule has 2 aliphatic rings. The van der Waals surface area contributed by atoms with E-state index in [1.165, 1.54) is 12.8 Å². The van der Waals surface area contributed by atoms with Crippen molar-refractivity contribution in [2.45, 2.75) is 32.1 Å². The average molecular weight is 358 g/mol. The lowest BCUT2D eigenvalue weighted by Crippen LogP contribution is -2.19. The summed E-state index contributed by atoms with van der Waals surface area (Å²) in [6.45, 7) is 0.478. The Morgan fingerprint density at radius 3 is 2.88 bits per heavy atom. The van der Waals surface area contributed by atoms with Gasteiger partial charge in [-0.25, -0.2) is 4.79 Å². The van der Waals surface area contributed by atoms with Gasteiger partial charge < -0.3 is 14.5 Å². The lowest BCUT2D eigenvalue weighted by molar-refractivity contribution is 0.0442. The minimum absolute atomic E-state index is 0.222. The number of hydrogen-bond donors (Lipinski definition) is 2. The number of carbonyl (C=O) groups excluding carboxylic acids is 1. The molecule has 0 saturated heterocycles. The van der Waals surface area contributed by atoms with Gasteiger partial charge in [-0.15, -0.1) is 0 Å². The molecule has 1 aliphatic carbocycles. The number of aromatic nitrogens is 2. The van der Waals surface area contributed by atoms with Crippen molar-refractivity contribution in [3.63, 3.8) is 0 Å². The molecule has 0 radical (unpaired) electrons. The molecule has 2 N–H and O–H groups in total. The molecule has 1 aliphatic heterocycles. The molecular weight excluding hydrogens is 340 g/mol. The van der Waals surface area contributed by atoms with Crippen LogP contribution in [0.15, 0.2) is 23.0 Å². The fourth-order valence-corrected chi connectivity index (χ4v) is 3.62. The third-order valence-electron chi connectivity index (χ3n) is 4.80. The highest BCUT2D eigenvalue weighted by atomic mass is 32.1. The van der Waals surface area contributed by atoms with Crippen molar-refractivity contribution in [2.75, 3.05) is 6.61 Å². The summed E-state index contributed by atoms with van der Waals surface area (Å²) in [5, 5.41) is 0. The number of H-pyrrole nitrogens is 2. The van der Waals surface area contributed by atoms with Crippen LogP contribution in [0.5, 0.6) is 11.6 Å². The second-order valence-electron chi connectivity index (χ2n) is 6.57. The van der Waals surface area contributed by atoms with Crippen molar-refractivity contribution in [1.29, 1.82) is 0 Å². The summed E-state index contributed by atoms with van der Waals surface area (Å²) < 4.78 is 11.4. The summed E-state index contributed by atoms with van der Waals surface area (Å²) in [7, 11) is 0. The fourth-order valence-electron chi connectivity index (χ4n) is 3.44. The van der Waals surface area contributed by atoms with Crippen molar-refractivity contribution >= 4 is 18.2 Å². The second-order valence-corrected chi connectivity index (χ2v) is 6.97. The zero-order valence-corrected chi connectivity index (χ0v) is 14.4. The Morgan fingerprint density at radius 1 is 1.28 bits per heavy atom. The molecule has 0 atom stereocenters. The topological polar surface area (TPSA) is 84.2 Å². The molecule has 2 heterocycles. The zero-order chi connectivity index (χ0) is 17.4. The molecule has 0 unspecified atom stereocenters. The minimum atomic E-state index is -0.332. The van der Waals surface area contributed by atoms with Gasteiger partial charge in [-0.3, -0.25) is 9.78 Å². The van der Waals surface area contributed by atoms with Gasteiger partial charge in [0, 0.05) is 12.0 Å². The number of ether oxygens (including phenoxy) is 2. The molecule has 6 nitrogen and oxygen atoms in total. The van der Waals surface area contributed by atoms with Crippen LogP contribution < -0.4 is 10.3 Å². The van der Waals surface area contributed by atoms with Gasteiger partial charge >= 0.3 is 5.97 Å². The van der Waals surface area contributed by atoms with E-state index < -0.39 is 0 Å². The Morgan fingerprint density at radius 2 is 2.08 bits per heavy atom. The number of benzene rings is 1. The highest BCUT2D eigenvalue weighted by Crippen LogP contribution is 2.34. The van der Waals surface area contributed by atoms with E-state index in [0.29, 0.717) is 41.7 Å².